The van der Waals surface area contributed by atoms with Gasteiger partial charge in [-0.3, -0.25) is 0 Å². The summed E-state index contributed by atoms with van der Waals surface area (Å²) in [6.45, 7) is 4.04. The summed E-state index contributed by atoms with van der Waals surface area (Å²) in [4.78, 5) is 9.73. The Morgan fingerprint density at radius 1 is 1.04 bits per heavy atom. The average molecular weight is 393 g/mol. The molecule has 0 spiro atoms. The number of hydrogen-bond acceptors (Lipinski definition) is 4. The van der Waals surface area contributed by atoms with E-state index in [-0.39, 0.29) is 6.10 Å². The minimum absolute atomic E-state index is 0.174. The highest BCUT2D eigenvalue weighted by Gasteiger charge is 2.07. The summed E-state index contributed by atoms with van der Waals surface area (Å²) < 4.78 is 5.67. The van der Waals surface area contributed by atoms with Crippen molar-refractivity contribution >= 4 is 34.5 Å². The van der Waals surface area contributed by atoms with Crippen LogP contribution in [0.25, 0.3) is 10.6 Å². The standard InChI is InChI=1S/C19H18Cl2N2OS/c1-12(2)24-15-6-4-14(5-7-15)19-22-11-16(25-19)8-3-13-9-17(20)23-18(21)10-13/h4-7,9-12H,3,8H2,1-2H3. The fraction of sp³-hybridized carbons (Fsp3) is 0.263. The number of pyridine rings is 1. The molecule has 130 valence electrons. The van der Waals surface area contributed by atoms with Crippen molar-refractivity contribution in [3.63, 3.8) is 0 Å². The number of rotatable bonds is 6. The molecule has 3 rings (SSSR count). The van der Waals surface area contributed by atoms with Crippen molar-refractivity contribution in [2.45, 2.75) is 32.8 Å². The van der Waals surface area contributed by atoms with Crippen LogP contribution in [0.4, 0.5) is 0 Å². The molecule has 0 aliphatic carbocycles. The van der Waals surface area contributed by atoms with Crippen LogP contribution in [0.3, 0.4) is 0 Å². The third-order valence-corrected chi connectivity index (χ3v) is 5.00. The van der Waals surface area contributed by atoms with E-state index in [9.17, 15) is 0 Å². The van der Waals surface area contributed by atoms with Gasteiger partial charge in [0.05, 0.1) is 6.10 Å². The number of halogens is 2. The summed E-state index contributed by atoms with van der Waals surface area (Å²) in [6.07, 6.45) is 3.85. The number of benzene rings is 1. The van der Waals surface area contributed by atoms with E-state index >= 15 is 0 Å². The second kappa shape index (κ2) is 8.17. The summed E-state index contributed by atoms with van der Waals surface area (Å²) in [5, 5.41) is 1.87. The van der Waals surface area contributed by atoms with E-state index in [0.29, 0.717) is 10.3 Å². The van der Waals surface area contributed by atoms with E-state index in [4.69, 9.17) is 27.9 Å². The van der Waals surface area contributed by atoms with Crippen LogP contribution in [-0.2, 0) is 12.8 Å². The Labute approximate surface area is 161 Å². The summed E-state index contributed by atoms with van der Waals surface area (Å²) in [5.41, 5.74) is 2.18. The fourth-order valence-electron chi connectivity index (χ4n) is 2.43. The van der Waals surface area contributed by atoms with E-state index < -0.39 is 0 Å². The Morgan fingerprint density at radius 2 is 1.72 bits per heavy atom. The Morgan fingerprint density at radius 3 is 2.36 bits per heavy atom. The van der Waals surface area contributed by atoms with Crippen LogP contribution in [0.1, 0.15) is 24.3 Å². The summed E-state index contributed by atoms with van der Waals surface area (Å²) in [5.74, 6) is 0.877. The third kappa shape index (κ3) is 5.18. The Balaban J connectivity index is 1.65. The molecule has 0 radical (unpaired) electrons. The van der Waals surface area contributed by atoms with Crippen LogP contribution in [0.5, 0.6) is 5.75 Å². The van der Waals surface area contributed by atoms with Gasteiger partial charge in [0.25, 0.3) is 0 Å². The van der Waals surface area contributed by atoms with Crippen LogP contribution in [0, 0.1) is 0 Å². The molecule has 0 bridgehead atoms. The molecular weight excluding hydrogens is 375 g/mol. The van der Waals surface area contributed by atoms with E-state index in [1.807, 2.05) is 56.4 Å². The van der Waals surface area contributed by atoms with Crippen molar-refractivity contribution in [3.8, 4) is 16.3 Å². The molecule has 0 atom stereocenters. The van der Waals surface area contributed by atoms with Gasteiger partial charge in [0.2, 0.25) is 0 Å². The first-order valence-corrected chi connectivity index (χ1v) is 9.60. The summed E-state index contributed by atoms with van der Waals surface area (Å²) in [6, 6.07) is 11.8. The van der Waals surface area contributed by atoms with Crippen LogP contribution < -0.4 is 4.74 Å². The van der Waals surface area contributed by atoms with E-state index in [2.05, 4.69) is 9.97 Å². The Hall–Kier alpha value is -1.62. The lowest BCUT2D eigenvalue weighted by atomic mass is 10.1. The molecule has 2 aromatic heterocycles. The zero-order valence-corrected chi connectivity index (χ0v) is 16.3. The molecule has 0 aliphatic heterocycles. The molecule has 6 heteroatoms. The van der Waals surface area contributed by atoms with Crippen molar-refractivity contribution < 1.29 is 4.74 Å². The van der Waals surface area contributed by atoms with Gasteiger partial charge in [0.1, 0.15) is 21.1 Å². The first kappa shape index (κ1) is 18.2. The molecule has 0 amide bonds. The molecule has 0 aliphatic rings. The van der Waals surface area contributed by atoms with E-state index in [1.165, 1.54) is 4.88 Å². The topological polar surface area (TPSA) is 35.0 Å². The number of aromatic nitrogens is 2. The molecule has 0 unspecified atom stereocenters. The zero-order valence-electron chi connectivity index (χ0n) is 14.0. The second-order valence-electron chi connectivity index (χ2n) is 5.94. The van der Waals surface area contributed by atoms with E-state index in [1.54, 1.807) is 11.3 Å². The number of thiazole rings is 1. The van der Waals surface area contributed by atoms with Gasteiger partial charge in [0, 0.05) is 16.6 Å². The average Bonchev–Trinajstić information content (AvgIpc) is 3.01. The quantitative estimate of drug-likeness (QED) is 0.476. The Bertz CT molecular complexity index is 827. The maximum atomic E-state index is 5.94. The fourth-order valence-corrected chi connectivity index (χ4v) is 3.85. The molecule has 25 heavy (non-hydrogen) atoms. The first-order chi connectivity index (χ1) is 12.0. The van der Waals surface area contributed by atoms with Gasteiger partial charge in [-0.1, -0.05) is 23.2 Å². The number of ether oxygens (including phenoxy) is 1. The van der Waals surface area contributed by atoms with E-state index in [0.717, 1.165) is 34.7 Å². The molecule has 2 heterocycles. The summed E-state index contributed by atoms with van der Waals surface area (Å²) >= 11 is 13.6. The lowest BCUT2D eigenvalue weighted by Crippen LogP contribution is -2.05. The number of hydrogen-bond donors (Lipinski definition) is 0. The highest BCUT2D eigenvalue weighted by atomic mass is 35.5. The van der Waals surface area contributed by atoms with Gasteiger partial charge in [-0.25, -0.2) is 9.97 Å². The smallest absolute Gasteiger partial charge is 0.131 e. The number of nitrogens with zero attached hydrogens (tertiary/aromatic N) is 2. The Kier molecular flexibility index (Phi) is 5.94. The molecule has 3 nitrogen and oxygen atoms in total. The van der Waals surface area contributed by atoms with Gasteiger partial charge >= 0.3 is 0 Å². The largest absolute Gasteiger partial charge is 0.491 e. The van der Waals surface area contributed by atoms with Gasteiger partial charge in [-0.15, -0.1) is 11.3 Å². The lowest BCUT2D eigenvalue weighted by molar-refractivity contribution is 0.242. The van der Waals surface area contributed by atoms with Crippen molar-refractivity contribution in [1.29, 1.82) is 0 Å². The van der Waals surface area contributed by atoms with Gasteiger partial charge < -0.3 is 4.74 Å². The molecule has 0 saturated heterocycles. The molecule has 3 aromatic rings. The van der Waals surface area contributed by atoms with Crippen LogP contribution in [-0.4, -0.2) is 16.1 Å². The highest BCUT2D eigenvalue weighted by Crippen LogP contribution is 2.28. The molecular formula is C19H18Cl2N2OS. The van der Waals surface area contributed by atoms with Crippen LogP contribution in [0.15, 0.2) is 42.6 Å². The maximum Gasteiger partial charge on any atom is 0.131 e. The SMILES string of the molecule is CC(C)Oc1ccc(-c2ncc(CCc3cc(Cl)nc(Cl)c3)s2)cc1. The van der Waals surface area contributed by atoms with Crippen LogP contribution in [0.2, 0.25) is 10.3 Å². The molecule has 0 N–H and O–H groups in total. The minimum atomic E-state index is 0.174. The van der Waals surface area contributed by atoms with Gasteiger partial charge in [-0.2, -0.15) is 0 Å². The van der Waals surface area contributed by atoms with Crippen molar-refractivity contribution in [2.24, 2.45) is 0 Å². The molecule has 1 aromatic carbocycles. The van der Waals surface area contributed by atoms with Crippen molar-refractivity contribution in [2.75, 3.05) is 0 Å². The van der Waals surface area contributed by atoms with Crippen molar-refractivity contribution in [1.82, 2.24) is 9.97 Å². The number of aryl methyl sites for hydroxylation is 2. The summed E-state index contributed by atoms with van der Waals surface area (Å²) in [7, 11) is 0. The maximum absolute atomic E-state index is 5.94. The lowest BCUT2D eigenvalue weighted by Gasteiger charge is -2.09. The highest BCUT2D eigenvalue weighted by molar-refractivity contribution is 7.15. The normalized spacial score (nSPS) is 11.1. The van der Waals surface area contributed by atoms with Gasteiger partial charge in [-0.05, 0) is 68.7 Å². The third-order valence-electron chi connectivity index (χ3n) is 3.51. The predicted octanol–water partition coefficient (Wildman–Crippen LogP) is 6.08. The predicted molar refractivity (Wildman–Crippen MR) is 105 cm³/mol. The monoisotopic (exact) mass is 392 g/mol. The van der Waals surface area contributed by atoms with Crippen molar-refractivity contribution in [3.05, 3.63) is 63.3 Å². The molecule has 0 fully saturated rings. The zero-order chi connectivity index (χ0) is 17.8. The van der Waals surface area contributed by atoms with Crippen LogP contribution >= 0.6 is 34.5 Å². The first-order valence-electron chi connectivity index (χ1n) is 8.03. The minimum Gasteiger partial charge on any atom is -0.491 e. The molecule has 0 saturated carbocycles. The second-order valence-corrected chi connectivity index (χ2v) is 7.83. The van der Waals surface area contributed by atoms with Gasteiger partial charge in [0.15, 0.2) is 0 Å².